The van der Waals surface area contributed by atoms with Crippen molar-refractivity contribution in [3.05, 3.63) is 0 Å². The van der Waals surface area contributed by atoms with Crippen LogP contribution >= 0.6 is 0 Å². The molecular weight excluding hydrogens is 608 g/mol. The molecule has 16 N–H and O–H groups in total. The molecule has 9 fully saturated rings. The highest BCUT2D eigenvalue weighted by Gasteiger charge is 2.57. The van der Waals surface area contributed by atoms with Gasteiger partial charge >= 0.3 is 0 Å². The van der Waals surface area contributed by atoms with Gasteiger partial charge in [0.25, 0.3) is 0 Å². The third kappa shape index (κ3) is 5.50. The normalized spacial score (nSPS) is 62.5. The first-order valence-corrected chi connectivity index (χ1v) is 19.2. The Kier molecular flexibility index (Phi) is 8.65. The molecule has 16 heteroatoms. The van der Waals surface area contributed by atoms with Crippen molar-refractivity contribution in [3.8, 4) is 0 Å². The Morgan fingerprint density at radius 1 is 0.167 bits per heavy atom. The van der Waals surface area contributed by atoms with Gasteiger partial charge in [-0.25, -0.2) is 0 Å². The zero-order chi connectivity index (χ0) is 33.2. The lowest BCUT2D eigenvalue weighted by Gasteiger charge is -2.43. The van der Waals surface area contributed by atoms with Crippen molar-refractivity contribution in [1.82, 2.24) is 85.1 Å². The third-order valence-electron chi connectivity index (χ3n) is 13.9. The molecule has 0 amide bonds. The molecule has 0 aromatic heterocycles. The first-order chi connectivity index (χ1) is 23.0. The summed E-state index contributed by atoms with van der Waals surface area (Å²) >= 11 is 0. The van der Waals surface area contributed by atoms with E-state index in [4.69, 9.17) is 0 Å². The number of piperazine rings is 4. The number of fused-ring (bicyclic) bond motifs is 20. The molecule has 9 aliphatic heterocycles. The summed E-state index contributed by atoms with van der Waals surface area (Å²) in [5.74, 6) is 0. The van der Waals surface area contributed by atoms with Gasteiger partial charge in [-0.2, -0.15) is 0 Å². The highest BCUT2D eigenvalue weighted by atomic mass is 15.5. The van der Waals surface area contributed by atoms with Crippen LogP contribution in [0, 0.1) is 0 Å². The van der Waals surface area contributed by atoms with Crippen LogP contribution in [-0.4, -0.2) is 146 Å². The second kappa shape index (κ2) is 12.5. The highest BCUT2D eigenvalue weighted by molar-refractivity contribution is 5.19. The van der Waals surface area contributed by atoms with E-state index >= 15 is 0 Å². The third-order valence-corrected chi connectivity index (χ3v) is 13.9. The van der Waals surface area contributed by atoms with Crippen molar-refractivity contribution in [3.63, 3.8) is 0 Å². The van der Waals surface area contributed by atoms with Crippen LogP contribution in [0.5, 0.6) is 0 Å². The van der Waals surface area contributed by atoms with E-state index in [9.17, 15) is 0 Å². The summed E-state index contributed by atoms with van der Waals surface area (Å²) in [7, 11) is 0. The Bertz CT molecular complexity index is 925. The van der Waals surface area contributed by atoms with Gasteiger partial charge in [-0.05, 0) is 55.4 Å². The molecule has 9 saturated heterocycles. The van der Waals surface area contributed by atoms with Crippen molar-refractivity contribution in [1.29, 1.82) is 0 Å². The zero-order valence-corrected chi connectivity index (χ0v) is 29.9. The van der Waals surface area contributed by atoms with E-state index in [0.29, 0.717) is 48.3 Å². The average Bonchev–Trinajstić information content (AvgIpc) is 3.74. The van der Waals surface area contributed by atoms with Crippen LogP contribution in [0.25, 0.3) is 0 Å². The van der Waals surface area contributed by atoms with E-state index in [1.807, 2.05) is 0 Å². The Hall–Kier alpha value is -0.640. The molecule has 272 valence electrons. The molecule has 0 aromatic carbocycles. The van der Waals surface area contributed by atoms with Crippen molar-refractivity contribution in [2.24, 2.45) is 0 Å². The fraction of sp³-hybridized carbons (Fsp3) is 1.00. The lowest BCUT2D eigenvalue weighted by atomic mass is 9.95. The summed E-state index contributed by atoms with van der Waals surface area (Å²) in [6.45, 7) is 18.4. The van der Waals surface area contributed by atoms with Gasteiger partial charge in [-0.1, -0.05) is 0 Å². The lowest BCUT2D eigenvalue weighted by molar-refractivity contribution is 0.180. The van der Waals surface area contributed by atoms with Crippen LogP contribution in [0.3, 0.4) is 0 Å². The van der Waals surface area contributed by atoms with Gasteiger partial charge in [-0.15, -0.1) is 0 Å². The summed E-state index contributed by atoms with van der Waals surface area (Å²) in [6, 6.07) is 4.64. The average molecular weight is 673 g/mol. The highest BCUT2D eigenvalue weighted by Crippen LogP contribution is 2.28. The number of rotatable bonds is 0. The van der Waals surface area contributed by atoms with Crippen molar-refractivity contribution in [2.45, 2.75) is 201 Å². The molecule has 0 spiro atoms. The minimum Gasteiger partial charge on any atom is -0.306 e. The van der Waals surface area contributed by atoms with Crippen LogP contribution in [0.15, 0.2) is 0 Å². The van der Waals surface area contributed by atoms with E-state index in [-0.39, 0.29) is 97.7 Å². The summed E-state index contributed by atoms with van der Waals surface area (Å²) in [6.07, 6.45) is 0.471. The van der Waals surface area contributed by atoms with E-state index in [1.54, 1.807) is 0 Å². The van der Waals surface area contributed by atoms with E-state index in [2.05, 4.69) is 140 Å². The van der Waals surface area contributed by atoms with Crippen LogP contribution < -0.4 is 85.1 Å². The van der Waals surface area contributed by atoms with Crippen molar-refractivity contribution >= 4 is 0 Å². The Labute approximate surface area is 286 Å². The molecule has 16 atom stereocenters. The molecule has 0 aromatic rings. The fourth-order valence-electron chi connectivity index (χ4n) is 10.4. The Morgan fingerprint density at radius 3 is 0.375 bits per heavy atom. The van der Waals surface area contributed by atoms with Gasteiger partial charge in [0.2, 0.25) is 0 Å². The standard InChI is InChI=1S/C32H64N16/c1-9-10(2)34-18-17(33-9)25-41-26(18)46-28-21-22(38-14(6)13(5)37-21)30(43-28)48-32-24-23(39-15(7)16(8)40-24)31(44-32)47-29-20-19(27(42-29)45-25)35-11(3)12(4)36-20/h9-48H,1-8H3. The van der Waals surface area contributed by atoms with Crippen LogP contribution in [0.1, 0.15) is 55.4 Å². The monoisotopic (exact) mass is 673 g/mol. The quantitative estimate of drug-likeness (QED) is 0.116. The van der Waals surface area contributed by atoms with Gasteiger partial charge in [0.1, 0.15) is 0 Å². The molecule has 0 saturated carbocycles. The van der Waals surface area contributed by atoms with Crippen LogP contribution in [-0.2, 0) is 0 Å². The van der Waals surface area contributed by atoms with Gasteiger partial charge in [0.05, 0.1) is 97.7 Å². The van der Waals surface area contributed by atoms with Crippen molar-refractivity contribution < 1.29 is 0 Å². The largest absolute Gasteiger partial charge is 0.306 e. The predicted octanol–water partition coefficient (Wildman–Crippen LogP) is -5.79. The molecule has 0 radical (unpaired) electrons. The minimum absolute atomic E-state index is 0.0589. The fourth-order valence-corrected chi connectivity index (χ4v) is 10.4. The zero-order valence-electron chi connectivity index (χ0n) is 29.9. The van der Waals surface area contributed by atoms with Crippen LogP contribution in [0.2, 0.25) is 0 Å². The van der Waals surface area contributed by atoms with Crippen molar-refractivity contribution in [2.75, 3.05) is 0 Å². The first kappa shape index (κ1) is 33.2. The smallest absolute Gasteiger partial charge is 0.0771 e. The minimum atomic E-state index is 0.0589. The maximum Gasteiger partial charge on any atom is 0.0771 e. The molecular formula is C32H64N16. The number of nitrogens with one attached hydrogen (secondary N) is 16. The van der Waals surface area contributed by atoms with Gasteiger partial charge in [0.15, 0.2) is 0 Å². The molecule has 9 rings (SSSR count). The summed E-state index contributed by atoms with van der Waals surface area (Å²) in [5, 5.41) is 64.5. The topological polar surface area (TPSA) is 192 Å². The second-order valence-electron chi connectivity index (χ2n) is 17.0. The predicted molar refractivity (Wildman–Crippen MR) is 186 cm³/mol. The molecule has 16 unspecified atom stereocenters. The number of hydrogen-bond acceptors (Lipinski definition) is 16. The first-order valence-electron chi connectivity index (χ1n) is 19.2. The van der Waals surface area contributed by atoms with E-state index < -0.39 is 0 Å². The van der Waals surface area contributed by atoms with Gasteiger partial charge in [0, 0.05) is 48.3 Å². The van der Waals surface area contributed by atoms with Gasteiger partial charge in [-0.3, -0.25) is 42.5 Å². The maximum atomic E-state index is 4.10. The molecule has 48 heavy (non-hydrogen) atoms. The SMILES string of the molecule is CC1NC2C3NC(NC4NC(NC5NC(NC6NC(N3)C3NC(C)C(C)NC63)C3NC(C)C(C)NC53)C3NC(C)C(C)NC43)C2NC1C. The summed E-state index contributed by atoms with van der Waals surface area (Å²) < 4.78 is 0. The van der Waals surface area contributed by atoms with E-state index in [0.717, 1.165) is 0 Å². The second-order valence-corrected chi connectivity index (χ2v) is 17.0. The molecule has 8 bridgehead atoms. The molecule has 9 heterocycles. The molecule has 0 aliphatic carbocycles. The maximum absolute atomic E-state index is 4.10. The Morgan fingerprint density at radius 2 is 0.271 bits per heavy atom. The molecule has 9 aliphatic rings. The Balaban J connectivity index is 1.07. The number of hydrogen-bond donors (Lipinski definition) is 16. The van der Waals surface area contributed by atoms with E-state index in [1.165, 1.54) is 0 Å². The van der Waals surface area contributed by atoms with Crippen LogP contribution in [0.4, 0.5) is 0 Å². The van der Waals surface area contributed by atoms with Gasteiger partial charge < -0.3 is 42.5 Å². The summed E-state index contributed by atoms with van der Waals surface area (Å²) in [4.78, 5) is 0. The summed E-state index contributed by atoms with van der Waals surface area (Å²) in [5.41, 5.74) is 0. The molecule has 16 nitrogen and oxygen atoms in total. The lowest BCUT2D eigenvalue weighted by Crippen LogP contribution is -2.72.